The van der Waals surface area contributed by atoms with Crippen LogP contribution < -0.4 is 16.0 Å². The van der Waals surface area contributed by atoms with Crippen molar-refractivity contribution >= 4 is 55.7 Å². The molecule has 0 aliphatic carbocycles. The van der Waals surface area contributed by atoms with Gasteiger partial charge < -0.3 is 5.43 Å². The highest BCUT2D eigenvalue weighted by molar-refractivity contribution is 14.1. The fourth-order valence-electron chi connectivity index (χ4n) is 1.49. The number of nitrogens with zero attached hydrogens (tertiary/aromatic N) is 1. The Balaban J connectivity index is 2.41. The number of nitrogens with two attached hydrogens (primary N) is 1. The van der Waals surface area contributed by atoms with E-state index in [0.29, 0.717) is 14.3 Å². The fraction of sp³-hybridized carbons (Fsp3) is 0. The van der Waals surface area contributed by atoms with Crippen LogP contribution in [0.15, 0.2) is 41.4 Å². The molecule has 0 bridgehead atoms. The Labute approximate surface area is 134 Å². The highest BCUT2D eigenvalue weighted by Crippen LogP contribution is 2.26. The third-order valence-corrected chi connectivity index (χ3v) is 4.90. The van der Waals surface area contributed by atoms with Crippen LogP contribution >= 0.6 is 34.2 Å². The van der Waals surface area contributed by atoms with Crippen molar-refractivity contribution in [2.75, 3.05) is 10.1 Å². The summed E-state index contributed by atoms with van der Waals surface area (Å²) in [5.74, 6) is 5.34. The van der Waals surface area contributed by atoms with Crippen LogP contribution in [0.1, 0.15) is 0 Å². The maximum Gasteiger partial charge on any atom is 0.265 e. The number of pyridine rings is 1. The van der Waals surface area contributed by atoms with Gasteiger partial charge in [-0.3, -0.25) is 4.72 Å². The van der Waals surface area contributed by atoms with Crippen LogP contribution in [0.4, 0.5) is 11.5 Å². The van der Waals surface area contributed by atoms with Gasteiger partial charge in [-0.25, -0.2) is 19.2 Å². The smallest absolute Gasteiger partial charge is 0.265 e. The molecular weight excluding hydrogens is 415 g/mol. The van der Waals surface area contributed by atoms with Gasteiger partial charge in [-0.2, -0.15) is 0 Å². The molecule has 1 heterocycles. The summed E-state index contributed by atoms with van der Waals surface area (Å²) in [4.78, 5) is 3.83. The first-order chi connectivity index (χ1) is 9.44. The predicted octanol–water partition coefficient (Wildman–Crippen LogP) is 2.43. The molecule has 0 fully saturated rings. The van der Waals surface area contributed by atoms with E-state index in [1.807, 2.05) is 22.6 Å². The van der Waals surface area contributed by atoms with Gasteiger partial charge in [0.2, 0.25) is 0 Å². The Kier molecular flexibility index (Phi) is 4.68. The van der Waals surface area contributed by atoms with Gasteiger partial charge in [0.05, 0.1) is 5.69 Å². The van der Waals surface area contributed by atoms with E-state index < -0.39 is 10.0 Å². The Morgan fingerprint density at radius 3 is 2.70 bits per heavy atom. The Hall–Kier alpha value is -1.10. The molecule has 0 aliphatic heterocycles. The fourth-order valence-corrected chi connectivity index (χ4v) is 3.88. The molecule has 6 nitrogen and oxygen atoms in total. The van der Waals surface area contributed by atoms with E-state index in [9.17, 15) is 8.42 Å². The molecule has 1 aromatic heterocycles. The van der Waals surface area contributed by atoms with E-state index in [1.54, 1.807) is 18.2 Å². The van der Waals surface area contributed by atoms with Crippen LogP contribution in [-0.4, -0.2) is 13.4 Å². The minimum atomic E-state index is -3.79. The second kappa shape index (κ2) is 6.12. The summed E-state index contributed by atoms with van der Waals surface area (Å²) in [6, 6.07) is 7.78. The van der Waals surface area contributed by atoms with Gasteiger partial charge in [-0.1, -0.05) is 11.6 Å². The van der Waals surface area contributed by atoms with Crippen LogP contribution in [0.2, 0.25) is 5.02 Å². The highest BCUT2D eigenvalue weighted by atomic mass is 127. The topological polar surface area (TPSA) is 97.1 Å². The predicted molar refractivity (Wildman–Crippen MR) is 87.0 cm³/mol. The zero-order valence-corrected chi connectivity index (χ0v) is 13.7. The van der Waals surface area contributed by atoms with Gasteiger partial charge in [0.25, 0.3) is 10.0 Å². The van der Waals surface area contributed by atoms with Gasteiger partial charge in [0.1, 0.15) is 4.90 Å². The molecule has 9 heteroatoms. The van der Waals surface area contributed by atoms with E-state index >= 15 is 0 Å². The minimum absolute atomic E-state index is 0.0340. The van der Waals surface area contributed by atoms with Crippen LogP contribution in [0.3, 0.4) is 0 Å². The van der Waals surface area contributed by atoms with Crippen molar-refractivity contribution in [3.8, 4) is 0 Å². The molecule has 4 N–H and O–H groups in total. The average molecular weight is 425 g/mol. The number of rotatable bonds is 4. The van der Waals surface area contributed by atoms with Gasteiger partial charge in [-0.05, 0) is 52.9 Å². The zero-order chi connectivity index (χ0) is 14.8. The van der Waals surface area contributed by atoms with E-state index in [1.165, 1.54) is 18.3 Å². The molecule has 20 heavy (non-hydrogen) atoms. The van der Waals surface area contributed by atoms with E-state index in [0.717, 1.165) is 0 Å². The van der Waals surface area contributed by atoms with Crippen molar-refractivity contribution in [2.45, 2.75) is 4.90 Å². The SMILES string of the molecule is NNc1ncccc1S(=O)(=O)Nc1ccc(Cl)cc1I. The molecule has 0 radical (unpaired) electrons. The summed E-state index contributed by atoms with van der Waals surface area (Å²) in [6.45, 7) is 0. The average Bonchev–Trinajstić information content (AvgIpc) is 2.42. The highest BCUT2D eigenvalue weighted by Gasteiger charge is 2.20. The lowest BCUT2D eigenvalue weighted by atomic mass is 10.3. The standard InChI is InChI=1S/C11H10ClIN4O2S/c12-7-3-4-9(8(13)6-7)17-20(18,19)10-2-1-5-15-11(10)16-14/h1-6,17H,14H2,(H,15,16). The van der Waals surface area contributed by atoms with Crippen molar-refractivity contribution in [1.82, 2.24) is 4.98 Å². The monoisotopic (exact) mass is 424 g/mol. The largest absolute Gasteiger partial charge is 0.307 e. The van der Waals surface area contributed by atoms with Crippen molar-refractivity contribution in [3.63, 3.8) is 0 Å². The van der Waals surface area contributed by atoms with Gasteiger partial charge in [0, 0.05) is 14.8 Å². The normalized spacial score (nSPS) is 11.2. The first kappa shape index (κ1) is 15.3. The molecular formula is C11H10ClIN4O2S. The minimum Gasteiger partial charge on any atom is -0.307 e. The summed E-state index contributed by atoms with van der Waals surface area (Å²) in [6.07, 6.45) is 1.44. The van der Waals surface area contributed by atoms with Crippen molar-refractivity contribution in [1.29, 1.82) is 0 Å². The summed E-state index contributed by atoms with van der Waals surface area (Å²) < 4.78 is 27.8. The number of nitrogen functional groups attached to an aromatic ring is 1. The van der Waals surface area contributed by atoms with Gasteiger partial charge in [0.15, 0.2) is 5.82 Å². The summed E-state index contributed by atoms with van der Waals surface area (Å²) >= 11 is 7.83. The summed E-state index contributed by atoms with van der Waals surface area (Å²) in [7, 11) is -3.79. The molecule has 0 atom stereocenters. The molecule has 0 saturated carbocycles. The molecule has 106 valence electrons. The molecule has 0 saturated heterocycles. The zero-order valence-electron chi connectivity index (χ0n) is 9.97. The molecule has 2 aromatic rings. The number of aromatic nitrogens is 1. The quantitative estimate of drug-likeness (QED) is 0.398. The lowest BCUT2D eigenvalue weighted by molar-refractivity contribution is 0.601. The number of benzene rings is 1. The molecule has 0 aliphatic rings. The lowest BCUT2D eigenvalue weighted by Gasteiger charge is -2.12. The molecule has 0 unspecified atom stereocenters. The van der Waals surface area contributed by atoms with Gasteiger partial charge >= 0.3 is 0 Å². The van der Waals surface area contributed by atoms with E-state index in [-0.39, 0.29) is 10.7 Å². The van der Waals surface area contributed by atoms with E-state index in [4.69, 9.17) is 17.4 Å². The van der Waals surface area contributed by atoms with E-state index in [2.05, 4.69) is 15.1 Å². The number of hydrazine groups is 1. The molecule has 1 aromatic carbocycles. The number of nitrogens with one attached hydrogen (secondary N) is 2. The first-order valence-corrected chi connectivity index (χ1v) is 8.27. The Bertz CT molecular complexity index is 739. The maximum absolute atomic E-state index is 12.3. The third kappa shape index (κ3) is 3.32. The number of sulfonamides is 1. The summed E-state index contributed by atoms with van der Waals surface area (Å²) in [5.41, 5.74) is 2.69. The maximum atomic E-state index is 12.3. The third-order valence-electron chi connectivity index (χ3n) is 2.37. The van der Waals surface area contributed by atoms with Crippen LogP contribution in [-0.2, 0) is 10.0 Å². The Morgan fingerprint density at radius 2 is 2.05 bits per heavy atom. The van der Waals surface area contributed by atoms with Crippen LogP contribution in [0.25, 0.3) is 0 Å². The van der Waals surface area contributed by atoms with Gasteiger partial charge in [-0.15, -0.1) is 0 Å². The van der Waals surface area contributed by atoms with Crippen LogP contribution in [0.5, 0.6) is 0 Å². The van der Waals surface area contributed by atoms with Crippen molar-refractivity contribution in [2.24, 2.45) is 5.84 Å². The first-order valence-electron chi connectivity index (χ1n) is 5.33. The lowest BCUT2D eigenvalue weighted by Crippen LogP contribution is -2.18. The Morgan fingerprint density at radius 1 is 1.30 bits per heavy atom. The number of anilines is 2. The van der Waals surface area contributed by atoms with Crippen molar-refractivity contribution < 1.29 is 8.42 Å². The number of hydrogen-bond donors (Lipinski definition) is 3. The van der Waals surface area contributed by atoms with Crippen molar-refractivity contribution in [3.05, 3.63) is 45.1 Å². The number of hydrogen-bond acceptors (Lipinski definition) is 5. The van der Waals surface area contributed by atoms with Crippen LogP contribution in [0, 0.1) is 3.57 Å². The molecule has 0 amide bonds. The molecule has 2 rings (SSSR count). The number of halogens is 2. The second-order valence-corrected chi connectivity index (χ2v) is 6.97. The molecule has 0 spiro atoms. The second-order valence-electron chi connectivity index (χ2n) is 3.72. The summed E-state index contributed by atoms with van der Waals surface area (Å²) in [5, 5.41) is 0.531.